The van der Waals surface area contributed by atoms with Gasteiger partial charge in [-0.2, -0.15) is 13.2 Å². The second-order valence-electron chi connectivity index (χ2n) is 8.23. The van der Waals surface area contributed by atoms with E-state index in [1.54, 1.807) is 6.07 Å². The highest BCUT2D eigenvalue weighted by atomic mass is 35.5. The molecule has 2 aliphatic heterocycles. The van der Waals surface area contributed by atoms with Crippen molar-refractivity contribution in [2.75, 3.05) is 25.0 Å². The zero-order valence-corrected chi connectivity index (χ0v) is 18.7. The van der Waals surface area contributed by atoms with Gasteiger partial charge in [0, 0.05) is 21.7 Å². The molecule has 1 N–H and O–H groups in total. The van der Waals surface area contributed by atoms with Crippen LogP contribution >= 0.6 is 23.8 Å². The summed E-state index contributed by atoms with van der Waals surface area (Å²) < 4.78 is 44.8. The quantitative estimate of drug-likeness (QED) is 0.532. The van der Waals surface area contributed by atoms with Gasteiger partial charge in [0.25, 0.3) is 0 Å². The molecule has 8 heteroatoms. The molecule has 1 spiro atoms. The molecule has 0 bridgehead atoms. The molecule has 2 aliphatic rings. The lowest BCUT2D eigenvalue weighted by molar-refractivity contribution is -0.137. The molecule has 1 atom stereocenters. The number of anilines is 1. The van der Waals surface area contributed by atoms with E-state index < -0.39 is 11.7 Å². The average molecular weight is 469 g/mol. The topological polar surface area (TPSA) is 24.5 Å². The van der Waals surface area contributed by atoms with Crippen LogP contribution in [-0.2, 0) is 11.6 Å². The zero-order chi connectivity index (χ0) is 22.2. The number of piperidine rings is 1. The second kappa shape index (κ2) is 8.60. The van der Waals surface area contributed by atoms with Gasteiger partial charge in [-0.15, -0.1) is 0 Å². The van der Waals surface area contributed by atoms with Gasteiger partial charge in [0.2, 0.25) is 0 Å². The van der Waals surface area contributed by atoms with Crippen molar-refractivity contribution < 1.29 is 17.9 Å². The van der Waals surface area contributed by atoms with Crippen LogP contribution in [0.4, 0.5) is 18.9 Å². The van der Waals surface area contributed by atoms with E-state index in [0.29, 0.717) is 17.4 Å². The Morgan fingerprint density at radius 3 is 2.48 bits per heavy atom. The van der Waals surface area contributed by atoms with Crippen LogP contribution in [0.2, 0.25) is 5.02 Å². The summed E-state index contributed by atoms with van der Waals surface area (Å²) in [6.07, 6.45) is -1.84. The number of halogens is 4. The third-order valence-corrected chi connectivity index (χ3v) is 7.01. The van der Waals surface area contributed by atoms with Crippen molar-refractivity contribution in [1.29, 1.82) is 0 Å². The Bertz CT molecular complexity index is 956. The number of hydrogen-bond donors (Lipinski definition) is 1. The maximum Gasteiger partial charge on any atom is 0.416 e. The highest BCUT2D eigenvalue weighted by molar-refractivity contribution is 7.80. The van der Waals surface area contributed by atoms with Crippen LogP contribution in [0.15, 0.2) is 42.5 Å². The highest BCUT2D eigenvalue weighted by Crippen LogP contribution is 2.47. The first kappa shape index (κ1) is 22.4. The zero-order valence-electron chi connectivity index (χ0n) is 17.1. The molecule has 0 radical (unpaired) electrons. The lowest BCUT2D eigenvalue weighted by Crippen LogP contribution is -2.50. The van der Waals surface area contributed by atoms with Gasteiger partial charge >= 0.3 is 6.18 Å². The molecule has 0 aromatic heterocycles. The summed E-state index contributed by atoms with van der Waals surface area (Å²) in [5, 5.41) is 3.99. The minimum absolute atomic E-state index is 0.0948. The summed E-state index contributed by atoms with van der Waals surface area (Å²) in [5.41, 5.74) is 0.917. The molecule has 1 saturated heterocycles. The fourth-order valence-electron chi connectivity index (χ4n) is 4.60. The van der Waals surface area contributed by atoms with Gasteiger partial charge in [0.15, 0.2) is 0 Å². The van der Waals surface area contributed by atoms with E-state index in [1.165, 1.54) is 6.07 Å². The van der Waals surface area contributed by atoms with Gasteiger partial charge < -0.3 is 10.1 Å². The van der Waals surface area contributed by atoms with Crippen LogP contribution in [0.5, 0.6) is 5.75 Å². The Labute approximate surface area is 190 Å². The lowest BCUT2D eigenvalue weighted by Gasteiger charge is -2.42. The van der Waals surface area contributed by atoms with Gasteiger partial charge in [0.05, 0.1) is 23.2 Å². The van der Waals surface area contributed by atoms with Gasteiger partial charge in [-0.3, -0.25) is 4.90 Å². The maximum absolute atomic E-state index is 13.0. The van der Waals surface area contributed by atoms with E-state index in [4.69, 9.17) is 28.6 Å². The average Bonchev–Trinajstić information content (AvgIpc) is 3.09. The van der Waals surface area contributed by atoms with Gasteiger partial charge in [-0.25, -0.2) is 0 Å². The van der Waals surface area contributed by atoms with E-state index >= 15 is 0 Å². The SMILES string of the molecule is CCC(C(=S)Nc1ccc(Cl)cc1)N1CCC2(CC1)COc1cc(C(F)(F)F)ccc12. The number of nitrogens with zero attached hydrogens (tertiary/aromatic N) is 1. The first-order valence-electron chi connectivity index (χ1n) is 10.4. The van der Waals surface area contributed by atoms with Crippen molar-refractivity contribution in [1.82, 2.24) is 4.90 Å². The van der Waals surface area contributed by atoms with E-state index in [2.05, 4.69) is 17.1 Å². The number of alkyl halides is 3. The number of benzene rings is 2. The molecule has 31 heavy (non-hydrogen) atoms. The highest BCUT2D eigenvalue weighted by Gasteiger charge is 2.45. The molecular weight excluding hydrogens is 445 g/mol. The Kier molecular flexibility index (Phi) is 6.21. The number of likely N-dealkylation sites (tertiary alicyclic amines) is 1. The number of hydrogen-bond acceptors (Lipinski definition) is 3. The van der Waals surface area contributed by atoms with Crippen LogP contribution in [-0.4, -0.2) is 35.6 Å². The van der Waals surface area contributed by atoms with Crippen molar-refractivity contribution >= 4 is 34.5 Å². The Balaban J connectivity index is 1.43. The van der Waals surface area contributed by atoms with Crippen molar-refractivity contribution in [3.8, 4) is 5.75 Å². The predicted octanol–water partition coefficient (Wildman–Crippen LogP) is 6.30. The number of ether oxygens (including phenoxy) is 1. The molecule has 1 unspecified atom stereocenters. The molecule has 3 nitrogen and oxygen atoms in total. The number of thiocarbonyl (C=S) groups is 1. The molecule has 4 rings (SSSR count). The van der Waals surface area contributed by atoms with Crippen molar-refractivity contribution in [2.24, 2.45) is 0 Å². The standard InChI is InChI=1S/C23H24ClF3N2OS/c1-2-19(21(31)28-17-6-4-16(24)5-7-17)29-11-9-22(10-12-29)14-30-20-13-15(23(25,26)27)3-8-18(20)22/h3-8,13,19H,2,9-12,14H2,1H3,(H,28,31). The van der Waals surface area contributed by atoms with E-state index in [9.17, 15) is 13.2 Å². The van der Waals surface area contributed by atoms with Crippen molar-refractivity contribution in [3.05, 3.63) is 58.6 Å². The first-order chi connectivity index (χ1) is 14.7. The summed E-state index contributed by atoms with van der Waals surface area (Å²) in [5.74, 6) is 0.371. The van der Waals surface area contributed by atoms with Crippen molar-refractivity contribution in [3.63, 3.8) is 0 Å². The van der Waals surface area contributed by atoms with Crippen LogP contribution in [0, 0.1) is 0 Å². The monoisotopic (exact) mass is 468 g/mol. The van der Waals surface area contributed by atoms with E-state index in [0.717, 1.165) is 54.7 Å². The van der Waals surface area contributed by atoms with Crippen LogP contribution in [0.25, 0.3) is 0 Å². The van der Waals surface area contributed by atoms with E-state index in [-0.39, 0.29) is 11.5 Å². The minimum Gasteiger partial charge on any atom is -0.492 e. The maximum atomic E-state index is 13.0. The first-order valence-corrected chi connectivity index (χ1v) is 11.2. The normalized spacial score (nSPS) is 19.0. The fourth-order valence-corrected chi connectivity index (χ4v) is 5.16. The number of nitrogens with one attached hydrogen (secondary N) is 1. The van der Waals surface area contributed by atoms with Crippen molar-refractivity contribution in [2.45, 2.75) is 43.8 Å². The second-order valence-corrected chi connectivity index (χ2v) is 9.11. The molecular formula is C23H24ClF3N2OS. The molecule has 2 heterocycles. The molecule has 166 valence electrons. The third-order valence-electron chi connectivity index (χ3n) is 6.38. The summed E-state index contributed by atoms with van der Waals surface area (Å²) in [4.78, 5) is 3.12. The van der Waals surface area contributed by atoms with E-state index in [1.807, 2.05) is 24.3 Å². The van der Waals surface area contributed by atoms with Gasteiger partial charge in [0.1, 0.15) is 5.75 Å². The molecule has 0 saturated carbocycles. The molecule has 1 fully saturated rings. The Morgan fingerprint density at radius 1 is 1.19 bits per heavy atom. The smallest absolute Gasteiger partial charge is 0.416 e. The Morgan fingerprint density at radius 2 is 1.87 bits per heavy atom. The summed E-state index contributed by atoms with van der Waals surface area (Å²) in [6, 6.07) is 11.4. The number of rotatable bonds is 4. The Hall–Kier alpha value is -1.83. The molecule has 0 aliphatic carbocycles. The van der Waals surface area contributed by atoms with Gasteiger partial charge in [-0.05, 0) is 68.8 Å². The summed E-state index contributed by atoms with van der Waals surface area (Å²) >= 11 is 11.6. The molecule has 2 aromatic carbocycles. The van der Waals surface area contributed by atoms with Crippen LogP contribution in [0.3, 0.4) is 0 Å². The van der Waals surface area contributed by atoms with Gasteiger partial charge in [-0.1, -0.05) is 36.8 Å². The minimum atomic E-state index is -4.36. The van der Waals surface area contributed by atoms with Crippen LogP contribution < -0.4 is 10.1 Å². The van der Waals surface area contributed by atoms with Crippen LogP contribution in [0.1, 0.15) is 37.3 Å². The fraction of sp³-hybridized carbons (Fsp3) is 0.435. The molecule has 0 amide bonds. The number of fused-ring (bicyclic) bond motifs is 2. The predicted molar refractivity (Wildman–Crippen MR) is 121 cm³/mol. The molecule has 2 aromatic rings. The lowest BCUT2D eigenvalue weighted by atomic mass is 9.74. The summed E-state index contributed by atoms with van der Waals surface area (Å²) in [7, 11) is 0. The third kappa shape index (κ3) is 4.54. The largest absolute Gasteiger partial charge is 0.492 e. The summed E-state index contributed by atoms with van der Waals surface area (Å²) in [6.45, 7) is 4.16.